The quantitative estimate of drug-likeness (QED) is 0.826. The molecule has 0 fully saturated rings. The van der Waals surface area contributed by atoms with Crippen LogP contribution in [0.5, 0.6) is 11.5 Å². The number of hydrogen-bond acceptors (Lipinski definition) is 4. The van der Waals surface area contributed by atoms with Gasteiger partial charge in [0, 0.05) is 6.07 Å². The monoisotopic (exact) mass is 286 g/mol. The first-order valence-electron chi connectivity index (χ1n) is 6.26. The Morgan fingerprint density at radius 2 is 1.90 bits per heavy atom. The van der Waals surface area contributed by atoms with Crippen molar-refractivity contribution in [2.45, 2.75) is 13.5 Å². The molecule has 5 nitrogen and oxygen atoms in total. The lowest BCUT2D eigenvalue weighted by Gasteiger charge is -2.08. The number of benzene rings is 2. The second-order valence-corrected chi connectivity index (χ2v) is 4.53. The summed E-state index contributed by atoms with van der Waals surface area (Å²) < 4.78 is 5.48. The molecule has 0 aliphatic carbocycles. The molecule has 0 bridgehead atoms. The van der Waals surface area contributed by atoms with E-state index in [-0.39, 0.29) is 29.3 Å². The molecule has 108 valence electrons. The number of ether oxygens (including phenoxy) is 1. The van der Waals surface area contributed by atoms with Crippen LogP contribution in [0.25, 0.3) is 0 Å². The largest absolute Gasteiger partial charge is 0.507 e. The molecule has 0 aromatic heterocycles. The van der Waals surface area contributed by atoms with Gasteiger partial charge in [-0.2, -0.15) is 0 Å². The second-order valence-electron chi connectivity index (χ2n) is 4.53. The van der Waals surface area contributed by atoms with Crippen molar-refractivity contribution < 1.29 is 24.5 Å². The highest BCUT2D eigenvalue weighted by Gasteiger charge is 2.08. The number of carboxylic acids is 1. The first-order valence-corrected chi connectivity index (χ1v) is 6.26. The van der Waals surface area contributed by atoms with Gasteiger partial charge in [-0.15, -0.1) is 0 Å². The minimum atomic E-state index is -1.000. The van der Waals surface area contributed by atoms with Crippen LogP contribution in [0.4, 0.5) is 0 Å². The normalized spacial score (nSPS) is 10.1. The molecule has 21 heavy (non-hydrogen) atoms. The summed E-state index contributed by atoms with van der Waals surface area (Å²) in [5, 5.41) is 18.6. The summed E-state index contributed by atoms with van der Waals surface area (Å²) in [6.07, 6.45) is 0. The van der Waals surface area contributed by atoms with Crippen LogP contribution < -0.4 is 4.74 Å². The van der Waals surface area contributed by atoms with Crippen LogP contribution in [0.1, 0.15) is 33.2 Å². The molecule has 2 aromatic carbocycles. The van der Waals surface area contributed by atoms with Crippen molar-refractivity contribution in [1.29, 1.82) is 0 Å². The number of hydrogen-bond donors (Lipinski definition) is 2. The number of ketones is 1. The Bertz CT molecular complexity index is 691. The number of rotatable bonds is 5. The molecule has 0 amide bonds. The van der Waals surface area contributed by atoms with Crippen molar-refractivity contribution >= 4 is 11.8 Å². The van der Waals surface area contributed by atoms with E-state index in [0.29, 0.717) is 11.3 Å². The fourth-order valence-corrected chi connectivity index (χ4v) is 1.86. The molecule has 2 aromatic rings. The summed E-state index contributed by atoms with van der Waals surface area (Å²) in [5.41, 5.74) is 1.12. The van der Waals surface area contributed by atoms with E-state index >= 15 is 0 Å². The van der Waals surface area contributed by atoms with Crippen molar-refractivity contribution in [2.24, 2.45) is 0 Å². The van der Waals surface area contributed by atoms with E-state index in [2.05, 4.69) is 0 Å². The summed E-state index contributed by atoms with van der Waals surface area (Å²) in [5.74, 6) is -0.967. The predicted octanol–water partition coefficient (Wildman–Crippen LogP) is 2.87. The SMILES string of the molecule is CC(=O)c1ccc(OCc2cccc(C(=O)O)c2)cc1O. The third kappa shape index (κ3) is 3.60. The maximum Gasteiger partial charge on any atom is 0.335 e. The average molecular weight is 286 g/mol. The summed E-state index contributed by atoms with van der Waals surface area (Å²) in [6, 6.07) is 10.8. The van der Waals surface area contributed by atoms with Crippen LogP contribution in [0.2, 0.25) is 0 Å². The van der Waals surface area contributed by atoms with Gasteiger partial charge in [-0.1, -0.05) is 12.1 Å². The molecule has 5 heteroatoms. The molecule has 0 atom stereocenters. The van der Waals surface area contributed by atoms with Crippen molar-refractivity contribution in [3.8, 4) is 11.5 Å². The molecule has 0 unspecified atom stereocenters. The van der Waals surface area contributed by atoms with E-state index in [1.165, 1.54) is 31.2 Å². The number of carboxylic acid groups (broad SMARTS) is 1. The van der Waals surface area contributed by atoms with Gasteiger partial charge in [-0.25, -0.2) is 4.79 Å². The zero-order valence-electron chi connectivity index (χ0n) is 11.4. The van der Waals surface area contributed by atoms with Gasteiger partial charge in [0.2, 0.25) is 0 Å². The summed E-state index contributed by atoms with van der Waals surface area (Å²) in [6.45, 7) is 1.53. The lowest BCUT2D eigenvalue weighted by atomic mass is 10.1. The molecule has 0 radical (unpaired) electrons. The molecule has 0 spiro atoms. The maximum absolute atomic E-state index is 11.2. The Morgan fingerprint density at radius 1 is 1.14 bits per heavy atom. The molecule has 0 saturated carbocycles. The van der Waals surface area contributed by atoms with Crippen LogP contribution in [0.3, 0.4) is 0 Å². The van der Waals surface area contributed by atoms with Gasteiger partial charge >= 0.3 is 5.97 Å². The Kier molecular flexibility index (Phi) is 4.23. The molecule has 2 N–H and O–H groups in total. The number of phenols is 1. The third-order valence-corrected chi connectivity index (χ3v) is 2.93. The summed E-state index contributed by atoms with van der Waals surface area (Å²) >= 11 is 0. The van der Waals surface area contributed by atoms with Crippen LogP contribution in [-0.2, 0) is 6.61 Å². The lowest BCUT2D eigenvalue weighted by molar-refractivity contribution is 0.0696. The average Bonchev–Trinajstić information content (AvgIpc) is 2.45. The van der Waals surface area contributed by atoms with Gasteiger partial charge < -0.3 is 14.9 Å². The minimum Gasteiger partial charge on any atom is -0.507 e. The Morgan fingerprint density at radius 3 is 2.52 bits per heavy atom. The Labute approximate surface area is 121 Å². The van der Waals surface area contributed by atoms with Gasteiger partial charge in [0.25, 0.3) is 0 Å². The van der Waals surface area contributed by atoms with Crippen molar-refractivity contribution in [3.63, 3.8) is 0 Å². The molecular weight excluding hydrogens is 272 g/mol. The lowest BCUT2D eigenvalue weighted by Crippen LogP contribution is -2.00. The fraction of sp³-hybridized carbons (Fsp3) is 0.125. The molecule has 0 aliphatic heterocycles. The number of phenolic OH excluding ortho intramolecular Hbond substituents is 1. The topological polar surface area (TPSA) is 83.8 Å². The fourth-order valence-electron chi connectivity index (χ4n) is 1.86. The van der Waals surface area contributed by atoms with E-state index in [1.807, 2.05) is 0 Å². The standard InChI is InChI=1S/C16H14O5/c1-10(17)14-6-5-13(8-15(14)18)21-9-11-3-2-4-12(7-11)16(19)20/h2-8,18H,9H2,1H3,(H,19,20). The van der Waals surface area contributed by atoms with Gasteiger partial charge in [-0.05, 0) is 36.8 Å². The van der Waals surface area contributed by atoms with Crippen molar-refractivity contribution in [3.05, 3.63) is 59.2 Å². The smallest absolute Gasteiger partial charge is 0.335 e. The molecule has 0 saturated heterocycles. The second kappa shape index (κ2) is 6.09. The van der Waals surface area contributed by atoms with Gasteiger partial charge in [0.1, 0.15) is 18.1 Å². The van der Waals surface area contributed by atoms with Crippen molar-refractivity contribution in [1.82, 2.24) is 0 Å². The van der Waals surface area contributed by atoms with Crippen LogP contribution in [0.15, 0.2) is 42.5 Å². The highest BCUT2D eigenvalue weighted by atomic mass is 16.5. The van der Waals surface area contributed by atoms with E-state index in [9.17, 15) is 14.7 Å². The highest BCUT2D eigenvalue weighted by molar-refractivity contribution is 5.96. The van der Waals surface area contributed by atoms with E-state index in [0.717, 1.165) is 0 Å². The van der Waals surface area contributed by atoms with Crippen LogP contribution >= 0.6 is 0 Å². The van der Waals surface area contributed by atoms with E-state index in [1.54, 1.807) is 18.2 Å². The first kappa shape index (κ1) is 14.6. The maximum atomic E-state index is 11.2. The Hall–Kier alpha value is -2.82. The minimum absolute atomic E-state index is 0.140. The molecule has 2 rings (SSSR count). The van der Waals surface area contributed by atoms with Gasteiger partial charge in [0.05, 0.1) is 11.1 Å². The number of carbonyl (C=O) groups is 2. The van der Waals surface area contributed by atoms with E-state index < -0.39 is 5.97 Å². The number of carbonyl (C=O) groups excluding carboxylic acids is 1. The molecule has 0 aliphatic rings. The van der Waals surface area contributed by atoms with Crippen LogP contribution in [0, 0.1) is 0 Å². The third-order valence-electron chi connectivity index (χ3n) is 2.93. The van der Waals surface area contributed by atoms with E-state index in [4.69, 9.17) is 9.84 Å². The van der Waals surface area contributed by atoms with Crippen LogP contribution in [-0.4, -0.2) is 22.0 Å². The zero-order valence-corrected chi connectivity index (χ0v) is 11.4. The molecular formula is C16H14O5. The predicted molar refractivity (Wildman–Crippen MR) is 75.8 cm³/mol. The number of aromatic hydroxyl groups is 1. The number of aromatic carboxylic acids is 1. The zero-order chi connectivity index (χ0) is 15.4. The summed E-state index contributed by atoms with van der Waals surface area (Å²) in [7, 11) is 0. The van der Waals surface area contributed by atoms with Gasteiger partial charge in [-0.3, -0.25) is 4.79 Å². The molecule has 0 heterocycles. The highest BCUT2D eigenvalue weighted by Crippen LogP contribution is 2.24. The summed E-state index contributed by atoms with van der Waals surface area (Å²) in [4.78, 5) is 22.1. The number of Topliss-reactive ketones (excluding diaryl/α,β-unsaturated/α-hetero) is 1. The van der Waals surface area contributed by atoms with Crippen molar-refractivity contribution in [2.75, 3.05) is 0 Å². The Balaban J connectivity index is 2.10. The first-order chi connectivity index (χ1) is 9.97. The van der Waals surface area contributed by atoms with Gasteiger partial charge in [0.15, 0.2) is 5.78 Å².